The zero-order valence-electron chi connectivity index (χ0n) is 11.9. The SMILES string of the molecule is CC(C)COCCCNCc1ccc(Cl)cc1[N+](=O)[O-]. The fraction of sp³-hybridized carbons (Fsp3) is 0.571. The topological polar surface area (TPSA) is 64.4 Å². The molecule has 0 amide bonds. The summed E-state index contributed by atoms with van der Waals surface area (Å²) in [4.78, 5) is 10.5. The van der Waals surface area contributed by atoms with Crippen LogP contribution in [0.25, 0.3) is 0 Å². The number of nitro benzene ring substituents is 1. The number of nitrogens with one attached hydrogen (secondary N) is 1. The number of hydrogen-bond donors (Lipinski definition) is 1. The maximum atomic E-state index is 10.9. The average Bonchev–Trinajstić information content (AvgIpc) is 2.38. The third kappa shape index (κ3) is 6.32. The molecule has 0 aliphatic carbocycles. The van der Waals surface area contributed by atoms with Gasteiger partial charge in [-0.15, -0.1) is 0 Å². The third-order valence-electron chi connectivity index (χ3n) is 2.65. The van der Waals surface area contributed by atoms with E-state index in [2.05, 4.69) is 19.2 Å². The van der Waals surface area contributed by atoms with Crippen LogP contribution in [0.1, 0.15) is 25.8 Å². The minimum absolute atomic E-state index is 0.0565. The summed E-state index contributed by atoms with van der Waals surface area (Å²) in [5.41, 5.74) is 0.698. The number of ether oxygens (including phenoxy) is 1. The number of nitro groups is 1. The van der Waals surface area contributed by atoms with Crippen molar-refractivity contribution >= 4 is 17.3 Å². The molecule has 0 bridgehead atoms. The van der Waals surface area contributed by atoms with E-state index in [1.807, 2.05) is 0 Å². The van der Waals surface area contributed by atoms with E-state index >= 15 is 0 Å². The van der Waals surface area contributed by atoms with Crippen molar-refractivity contribution in [1.29, 1.82) is 0 Å². The molecule has 0 heterocycles. The van der Waals surface area contributed by atoms with Gasteiger partial charge in [0, 0.05) is 36.4 Å². The van der Waals surface area contributed by atoms with Crippen LogP contribution >= 0.6 is 11.6 Å². The van der Waals surface area contributed by atoms with Gasteiger partial charge in [-0.2, -0.15) is 0 Å². The van der Waals surface area contributed by atoms with Crippen LogP contribution in [0.2, 0.25) is 5.02 Å². The molecule has 0 unspecified atom stereocenters. The average molecular weight is 301 g/mol. The second-order valence-electron chi connectivity index (χ2n) is 5.03. The lowest BCUT2D eigenvalue weighted by molar-refractivity contribution is -0.385. The van der Waals surface area contributed by atoms with Crippen LogP contribution < -0.4 is 5.32 Å². The van der Waals surface area contributed by atoms with Crippen LogP contribution in [0.4, 0.5) is 5.69 Å². The lowest BCUT2D eigenvalue weighted by atomic mass is 10.2. The lowest BCUT2D eigenvalue weighted by Crippen LogP contribution is -2.17. The number of rotatable bonds is 9. The monoisotopic (exact) mass is 300 g/mol. The number of hydrogen-bond acceptors (Lipinski definition) is 4. The summed E-state index contributed by atoms with van der Waals surface area (Å²) >= 11 is 5.76. The molecule has 5 nitrogen and oxygen atoms in total. The van der Waals surface area contributed by atoms with Gasteiger partial charge in [0.1, 0.15) is 0 Å². The smallest absolute Gasteiger partial charge is 0.275 e. The molecule has 20 heavy (non-hydrogen) atoms. The molecular weight excluding hydrogens is 280 g/mol. The van der Waals surface area contributed by atoms with Crippen molar-refractivity contribution in [2.75, 3.05) is 19.8 Å². The first kappa shape index (κ1) is 16.9. The van der Waals surface area contributed by atoms with E-state index in [1.165, 1.54) is 6.07 Å². The normalized spacial score (nSPS) is 11.0. The quantitative estimate of drug-likeness (QED) is 0.431. The first-order chi connectivity index (χ1) is 9.50. The number of halogens is 1. The van der Waals surface area contributed by atoms with Gasteiger partial charge in [-0.3, -0.25) is 10.1 Å². The highest BCUT2D eigenvalue weighted by molar-refractivity contribution is 6.30. The summed E-state index contributed by atoms with van der Waals surface area (Å²) in [6, 6.07) is 4.73. The van der Waals surface area contributed by atoms with Crippen molar-refractivity contribution < 1.29 is 9.66 Å². The predicted octanol–water partition coefficient (Wildman–Crippen LogP) is 3.40. The largest absolute Gasteiger partial charge is 0.381 e. The van der Waals surface area contributed by atoms with E-state index in [1.54, 1.807) is 12.1 Å². The zero-order valence-corrected chi connectivity index (χ0v) is 12.7. The van der Waals surface area contributed by atoms with Crippen LogP contribution in [0, 0.1) is 16.0 Å². The molecule has 1 N–H and O–H groups in total. The Hall–Kier alpha value is -1.17. The standard InChI is InChI=1S/C14H21ClN2O3/c1-11(2)10-20-7-3-6-16-9-12-4-5-13(15)8-14(12)17(18)19/h4-5,8,11,16H,3,6-7,9-10H2,1-2H3. The van der Waals surface area contributed by atoms with Gasteiger partial charge in [0.2, 0.25) is 0 Å². The van der Waals surface area contributed by atoms with Crippen molar-refractivity contribution in [2.24, 2.45) is 5.92 Å². The van der Waals surface area contributed by atoms with E-state index in [4.69, 9.17) is 16.3 Å². The summed E-state index contributed by atoms with van der Waals surface area (Å²) in [5.74, 6) is 0.541. The predicted molar refractivity (Wildman–Crippen MR) is 80.1 cm³/mol. The first-order valence-corrected chi connectivity index (χ1v) is 7.09. The summed E-state index contributed by atoms with van der Waals surface area (Å²) in [7, 11) is 0. The Kier molecular flexibility index (Phi) is 7.51. The van der Waals surface area contributed by atoms with Crippen molar-refractivity contribution in [2.45, 2.75) is 26.8 Å². The Morgan fingerprint density at radius 2 is 2.20 bits per heavy atom. The fourth-order valence-corrected chi connectivity index (χ4v) is 1.86. The van der Waals surface area contributed by atoms with Crippen molar-refractivity contribution in [3.05, 3.63) is 38.9 Å². The van der Waals surface area contributed by atoms with E-state index in [0.29, 0.717) is 29.7 Å². The molecule has 1 aromatic carbocycles. The van der Waals surface area contributed by atoms with Crippen LogP contribution in [0.5, 0.6) is 0 Å². The maximum Gasteiger partial charge on any atom is 0.275 e. The first-order valence-electron chi connectivity index (χ1n) is 6.72. The fourth-order valence-electron chi connectivity index (χ4n) is 1.70. The zero-order chi connectivity index (χ0) is 15.0. The van der Waals surface area contributed by atoms with Crippen LogP contribution in [0.3, 0.4) is 0 Å². The molecule has 1 aromatic rings. The van der Waals surface area contributed by atoms with Crippen LogP contribution in [-0.2, 0) is 11.3 Å². The highest BCUT2D eigenvalue weighted by Crippen LogP contribution is 2.22. The van der Waals surface area contributed by atoms with Gasteiger partial charge < -0.3 is 10.1 Å². The van der Waals surface area contributed by atoms with E-state index in [-0.39, 0.29) is 5.69 Å². The molecule has 0 aromatic heterocycles. The van der Waals surface area contributed by atoms with E-state index < -0.39 is 4.92 Å². The van der Waals surface area contributed by atoms with Crippen molar-refractivity contribution in [1.82, 2.24) is 5.32 Å². The minimum Gasteiger partial charge on any atom is -0.381 e. The van der Waals surface area contributed by atoms with Crippen molar-refractivity contribution in [3.8, 4) is 0 Å². The Morgan fingerprint density at radius 1 is 1.45 bits per heavy atom. The van der Waals surface area contributed by atoms with Crippen molar-refractivity contribution in [3.63, 3.8) is 0 Å². The molecule has 0 aliphatic heterocycles. The summed E-state index contributed by atoms with van der Waals surface area (Å²) in [5, 5.41) is 14.5. The molecule has 1 rings (SSSR count). The number of nitrogens with zero attached hydrogens (tertiary/aromatic N) is 1. The van der Waals surface area contributed by atoms with Gasteiger partial charge in [0.25, 0.3) is 5.69 Å². The molecule has 0 saturated heterocycles. The Bertz CT molecular complexity index is 438. The molecule has 112 valence electrons. The highest BCUT2D eigenvalue weighted by atomic mass is 35.5. The molecule has 0 atom stereocenters. The van der Waals surface area contributed by atoms with Gasteiger partial charge in [0.15, 0.2) is 0 Å². The van der Waals surface area contributed by atoms with Crippen LogP contribution in [0.15, 0.2) is 18.2 Å². The molecule has 0 fully saturated rings. The second-order valence-corrected chi connectivity index (χ2v) is 5.47. The third-order valence-corrected chi connectivity index (χ3v) is 2.89. The Labute approximate surface area is 124 Å². The second kappa shape index (κ2) is 8.89. The summed E-state index contributed by atoms with van der Waals surface area (Å²) in [6.07, 6.45) is 0.883. The van der Waals surface area contributed by atoms with E-state index in [0.717, 1.165) is 19.6 Å². The van der Waals surface area contributed by atoms with Gasteiger partial charge in [-0.1, -0.05) is 25.4 Å². The molecule has 0 radical (unpaired) electrons. The van der Waals surface area contributed by atoms with Gasteiger partial charge in [0.05, 0.1) is 4.92 Å². The molecule has 0 aliphatic rings. The molecule has 0 spiro atoms. The minimum atomic E-state index is -0.408. The summed E-state index contributed by atoms with van der Waals surface area (Å²) < 4.78 is 5.46. The summed E-state index contributed by atoms with van der Waals surface area (Å²) in [6.45, 7) is 6.90. The van der Waals surface area contributed by atoms with Gasteiger partial charge in [-0.25, -0.2) is 0 Å². The van der Waals surface area contributed by atoms with Crippen LogP contribution in [-0.4, -0.2) is 24.7 Å². The molecular formula is C14H21ClN2O3. The lowest BCUT2D eigenvalue weighted by Gasteiger charge is -2.08. The Balaban J connectivity index is 2.30. The van der Waals surface area contributed by atoms with Gasteiger partial charge in [-0.05, 0) is 31.0 Å². The molecule has 6 heteroatoms. The maximum absolute atomic E-state index is 10.9. The molecule has 0 saturated carbocycles. The Morgan fingerprint density at radius 3 is 2.85 bits per heavy atom. The number of benzene rings is 1. The van der Waals surface area contributed by atoms with Gasteiger partial charge >= 0.3 is 0 Å². The van der Waals surface area contributed by atoms with E-state index in [9.17, 15) is 10.1 Å². The highest BCUT2D eigenvalue weighted by Gasteiger charge is 2.13.